The molecule has 2 rings (SSSR count). The predicted molar refractivity (Wildman–Crippen MR) is 121 cm³/mol. The number of nitrogens with one attached hydrogen (secondary N) is 1. The molecular weight excluding hydrogens is 423 g/mol. The van der Waals surface area contributed by atoms with Crippen LogP contribution < -0.4 is 10.1 Å². The van der Waals surface area contributed by atoms with Crippen LogP contribution in [0.25, 0.3) is 0 Å². The predicted octanol–water partition coefficient (Wildman–Crippen LogP) is 4.93. The molecule has 0 saturated heterocycles. The summed E-state index contributed by atoms with van der Waals surface area (Å²) in [6.07, 6.45) is 0. The van der Waals surface area contributed by atoms with Crippen molar-refractivity contribution in [1.82, 2.24) is 10.2 Å². The van der Waals surface area contributed by atoms with Crippen molar-refractivity contribution in [3.63, 3.8) is 0 Å². The average molecular weight is 451 g/mol. The Labute approximate surface area is 188 Å². The molecule has 0 unspecified atom stereocenters. The smallest absolute Gasteiger partial charge is 0.261 e. The number of hydrogen-bond donors (Lipinski definition) is 1. The van der Waals surface area contributed by atoms with Crippen molar-refractivity contribution in [2.45, 2.75) is 53.2 Å². The van der Waals surface area contributed by atoms with Crippen molar-refractivity contribution in [3.05, 3.63) is 63.1 Å². The minimum absolute atomic E-state index is 0.0396. The van der Waals surface area contributed by atoms with Crippen molar-refractivity contribution in [2.75, 3.05) is 6.61 Å². The highest BCUT2D eigenvalue weighted by molar-refractivity contribution is 6.35. The molecule has 1 atom stereocenters. The van der Waals surface area contributed by atoms with Crippen LogP contribution in [-0.4, -0.2) is 35.4 Å². The number of aryl methyl sites for hydroxylation is 2. The van der Waals surface area contributed by atoms with Crippen LogP contribution in [0.4, 0.5) is 0 Å². The zero-order valence-corrected chi connectivity index (χ0v) is 19.5. The SMILES string of the molecule is Cc1ccc(C)c(OCC(=O)N(Cc2ccc(Cl)cc2Cl)[C@@H](C)C(=O)NC(C)C)c1. The van der Waals surface area contributed by atoms with Gasteiger partial charge in [-0.05, 0) is 69.5 Å². The third-order valence-electron chi connectivity index (χ3n) is 4.65. The van der Waals surface area contributed by atoms with E-state index in [9.17, 15) is 9.59 Å². The van der Waals surface area contributed by atoms with Crippen LogP contribution in [0.3, 0.4) is 0 Å². The summed E-state index contributed by atoms with van der Waals surface area (Å²) in [5.41, 5.74) is 2.68. The number of rotatable bonds is 8. The number of benzene rings is 2. The molecule has 0 heterocycles. The molecule has 162 valence electrons. The molecule has 7 heteroatoms. The van der Waals surface area contributed by atoms with Crippen LogP contribution in [0.1, 0.15) is 37.5 Å². The molecule has 0 aliphatic heterocycles. The lowest BCUT2D eigenvalue weighted by Crippen LogP contribution is -2.50. The van der Waals surface area contributed by atoms with E-state index in [1.54, 1.807) is 25.1 Å². The number of nitrogens with zero attached hydrogens (tertiary/aromatic N) is 1. The highest BCUT2D eigenvalue weighted by Crippen LogP contribution is 2.24. The first kappa shape index (κ1) is 24.0. The summed E-state index contributed by atoms with van der Waals surface area (Å²) < 4.78 is 5.78. The third kappa shape index (κ3) is 6.64. The van der Waals surface area contributed by atoms with Gasteiger partial charge in [0.05, 0.1) is 0 Å². The highest BCUT2D eigenvalue weighted by atomic mass is 35.5. The summed E-state index contributed by atoms with van der Waals surface area (Å²) in [5, 5.41) is 3.79. The largest absolute Gasteiger partial charge is 0.483 e. The second kappa shape index (κ2) is 10.7. The number of carbonyl (C=O) groups excluding carboxylic acids is 2. The minimum atomic E-state index is -0.700. The maximum Gasteiger partial charge on any atom is 0.261 e. The van der Waals surface area contributed by atoms with E-state index in [-0.39, 0.29) is 31.0 Å². The number of halogens is 2. The van der Waals surface area contributed by atoms with Gasteiger partial charge in [0.2, 0.25) is 5.91 Å². The van der Waals surface area contributed by atoms with Gasteiger partial charge in [-0.2, -0.15) is 0 Å². The Balaban J connectivity index is 2.23. The van der Waals surface area contributed by atoms with Crippen molar-refractivity contribution in [1.29, 1.82) is 0 Å². The van der Waals surface area contributed by atoms with Crippen LogP contribution in [0.2, 0.25) is 10.0 Å². The summed E-state index contributed by atoms with van der Waals surface area (Å²) in [4.78, 5) is 27.2. The lowest BCUT2D eigenvalue weighted by molar-refractivity contribution is -0.142. The number of carbonyl (C=O) groups is 2. The first-order chi connectivity index (χ1) is 14.1. The van der Waals surface area contributed by atoms with E-state index in [0.717, 1.165) is 11.1 Å². The van der Waals surface area contributed by atoms with E-state index in [2.05, 4.69) is 5.32 Å². The van der Waals surface area contributed by atoms with Crippen molar-refractivity contribution in [3.8, 4) is 5.75 Å². The molecule has 2 aromatic carbocycles. The second-order valence-electron chi connectivity index (χ2n) is 7.65. The topological polar surface area (TPSA) is 58.6 Å². The monoisotopic (exact) mass is 450 g/mol. The first-order valence-electron chi connectivity index (χ1n) is 9.82. The van der Waals surface area contributed by atoms with Gasteiger partial charge in [-0.1, -0.05) is 41.4 Å². The summed E-state index contributed by atoms with van der Waals surface area (Å²) in [5.74, 6) is 0.0932. The van der Waals surface area contributed by atoms with Gasteiger partial charge in [0.25, 0.3) is 5.91 Å². The van der Waals surface area contributed by atoms with Crippen molar-refractivity contribution in [2.24, 2.45) is 0 Å². The van der Waals surface area contributed by atoms with Crippen molar-refractivity contribution >= 4 is 35.0 Å². The quantitative estimate of drug-likeness (QED) is 0.619. The van der Waals surface area contributed by atoms with Gasteiger partial charge < -0.3 is 15.0 Å². The maximum atomic E-state index is 13.1. The third-order valence-corrected chi connectivity index (χ3v) is 5.24. The van der Waals surface area contributed by atoms with Crippen LogP contribution in [0, 0.1) is 13.8 Å². The molecule has 1 N–H and O–H groups in total. The Morgan fingerprint density at radius 1 is 1.07 bits per heavy atom. The summed E-state index contributed by atoms with van der Waals surface area (Å²) in [6, 6.07) is 10.2. The summed E-state index contributed by atoms with van der Waals surface area (Å²) >= 11 is 12.3. The summed E-state index contributed by atoms with van der Waals surface area (Å²) in [7, 11) is 0. The van der Waals surface area contributed by atoms with Crippen LogP contribution >= 0.6 is 23.2 Å². The first-order valence-corrected chi connectivity index (χ1v) is 10.6. The molecule has 0 saturated carbocycles. The molecular formula is C23H28Cl2N2O3. The molecule has 0 bridgehead atoms. The molecule has 5 nitrogen and oxygen atoms in total. The molecule has 2 aromatic rings. The van der Waals surface area contributed by atoms with E-state index in [4.69, 9.17) is 27.9 Å². The Morgan fingerprint density at radius 3 is 2.40 bits per heavy atom. The standard InChI is InChI=1S/C23H28Cl2N2O3/c1-14(2)26-23(29)17(5)27(12-18-8-9-19(24)11-20(18)25)22(28)13-30-21-10-15(3)6-7-16(21)4/h6-11,14,17H,12-13H2,1-5H3,(H,26,29)/t17-/m0/s1. The van der Waals surface area contributed by atoms with Crippen LogP contribution in [0.15, 0.2) is 36.4 Å². The molecule has 2 amide bonds. The Kier molecular flexibility index (Phi) is 8.56. The zero-order valence-electron chi connectivity index (χ0n) is 18.0. The number of amides is 2. The average Bonchev–Trinajstić information content (AvgIpc) is 2.66. The van der Waals surface area contributed by atoms with Gasteiger partial charge >= 0.3 is 0 Å². The van der Waals surface area contributed by atoms with Gasteiger partial charge in [0.15, 0.2) is 6.61 Å². The summed E-state index contributed by atoms with van der Waals surface area (Å²) in [6.45, 7) is 9.29. The van der Waals surface area contributed by atoms with Gasteiger partial charge in [0.1, 0.15) is 11.8 Å². The Morgan fingerprint density at radius 2 is 1.77 bits per heavy atom. The van der Waals surface area contributed by atoms with E-state index in [0.29, 0.717) is 21.4 Å². The van der Waals surface area contributed by atoms with Crippen LogP contribution in [-0.2, 0) is 16.1 Å². The molecule has 0 fully saturated rings. The lowest BCUT2D eigenvalue weighted by Gasteiger charge is -2.29. The van der Waals surface area contributed by atoms with E-state index < -0.39 is 6.04 Å². The molecule has 0 radical (unpaired) electrons. The Hall–Kier alpha value is -2.24. The van der Waals surface area contributed by atoms with Gasteiger partial charge in [0, 0.05) is 22.6 Å². The fourth-order valence-electron chi connectivity index (χ4n) is 2.91. The molecule has 0 aliphatic carbocycles. The fraction of sp³-hybridized carbons (Fsp3) is 0.391. The molecule has 0 aromatic heterocycles. The number of ether oxygens (including phenoxy) is 1. The minimum Gasteiger partial charge on any atom is -0.483 e. The van der Waals surface area contributed by atoms with Gasteiger partial charge in [-0.3, -0.25) is 9.59 Å². The second-order valence-corrected chi connectivity index (χ2v) is 8.50. The normalized spacial score (nSPS) is 11.9. The zero-order chi connectivity index (χ0) is 22.4. The Bertz CT molecular complexity index is 915. The maximum absolute atomic E-state index is 13.1. The van der Waals surface area contributed by atoms with E-state index in [1.165, 1.54) is 4.90 Å². The van der Waals surface area contributed by atoms with E-state index >= 15 is 0 Å². The van der Waals surface area contributed by atoms with Crippen LogP contribution in [0.5, 0.6) is 5.75 Å². The highest BCUT2D eigenvalue weighted by Gasteiger charge is 2.27. The van der Waals surface area contributed by atoms with Gasteiger partial charge in [-0.15, -0.1) is 0 Å². The molecule has 0 aliphatic rings. The fourth-order valence-corrected chi connectivity index (χ4v) is 3.37. The van der Waals surface area contributed by atoms with Gasteiger partial charge in [-0.25, -0.2) is 0 Å². The lowest BCUT2D eigenvalue weighted by atomic mass is 10.1. The number of hydrogen-bond acceptors (Lipinski definition) is 3. The molecule has 0 spiro atoms. The van der Waals surface area contributed by atoms with E-state index in [1.807, 2.05) is 45.9 Å². The molecule has 30 heavy (non-hydrogen) atoms. The van der Waals surface area contributed by atoms with Crippen molar-refractivity contribution < 1.29 is 14.3 Å².